The Morgan fingerprint density at radius 1 is 1.06 bits per heavy atom. The Labute approximate surface area is 199 Å². The predicted octanol–water partition coefficient (Wildman–Crippen LogP) is 2.96. The Morgan fingerprint density at radius 2 is 1.79 bits per heavy atom. The zero-order chi connectivity index (χ0) is 23.0. The third-order valence-corrected chi connectivity index (χ3v) is 9.01. The minimum absolute atomic E-state index is 0.0352. The number of anilines is 1. The van der Waals surface area contributed by atoms with Crippen molar-refractivity contribution in [2.24, 2.45) is 5.14 Å². The zero-order valence-electron chi connectivity index (χ0n) is 19.1. The smallest absolute Gasteiger partial charge is 0.238 e. The maximum absolute atomic E-state index is 11.6. The van der Waals surface area contributed by atoms with E-state index >= 15 is 0 Å². The Kier molecular flexibility index (Phi) is 6.39. The molecule has 2 aromatic heterocycles. The van der Waals surface area contributed by atoms with Crippen molar-refractivity contribution in [1.82, 2.24) is 9.97 Å². The molecule has 1 aliphatic heterocycles. The van der Waals surface area contributed by atoms with Gasteiger partial charge in [-0.1, -0.05) is 12.1 Å². The third kappa shape index (κ3) is 4.91. The molecule has 9 heteroatoms. The molecule has 1 aromatic carbocycles. The Bertz CT molecular complexity index is 1250. The van der Waals surface area contributed by atoms with Crippen LogP contribution in [-0.4, -0.2) is 31.5 Å². The fourth-order valence-electron chi connectivity index (χ4n) is 5.07. The van der Waals surface area contributed by atoms with Gasteiger partial charge in [-0.05, 0) is 75.1 Å². The van der Waals surface area contributed by atoms with Crippen molar-refractivity contribution >= 4 is 37.4 Å². The van der Waals surface area contributed by atoms with E-state index in [2.05, 4.69) is 12.2 Å². The molecule has 0 spiro atoms. The van der Waals surface area contributed by atoms with Crippen molar-refractivity contribution in [2.75, 3.05) is 18.4 Å². The summed E-state index contributed by atoms with van der Waals surface area (Å²) in [5.41, 5.74) is 2.40. The summed E-state index contributed by atoms with van der Waals surface area (Å²) in [6, 6.07) is 6.73. The molecule has 1 aliphatic carbocycles. The van der Waals surface area contributed by atoms with Crippen molar-refractivity contribution in [2.45, 2.75) is 69.4 Å². The fourth-order valence-corrected chi connectivity index (χ4v) is 6.87. The van der Waals surface area contributed by atoms with Gasteiger partial charge in [-0.2, -0.15) is 0 Å². The highest BCUT2D eigenvalue weighted by molar-refractivity contribution is 7.89. The minimum Gasteiger partial charge on any atom is -0.363 e. The van der Waals surface area contributed by atoms with Crippen LogP contribution in [0.25, 0.3) is 10.2 Å². The number of primary sulfonamides is 1. The molecule has 0 bridgehead atoms. The van der Waals surface area contributed by atoms with Crippen LogP contribution in [0.15, 0.2) is 29.2 Å². The molecular weight excluding hydrogens is 454 g/mol. The van der Waals surface area contributed by atoms with E-state index in [1.54, 1.807) is 17.0 Å². The summed E-state index contributed by atoms with van der Waals surface area (Å²) >= 11 is 1.84. The number of likely N-dealkylation sites (tertiary alicyclic amines) is 1. The lowest BCUT2D eigenvalue weighted by Crippen LogP contribution is -3.11. The van der Waals surface area contributed by atoms with Crippen molar-refractivity contribution in [1.29, 1.82) is 0 Å². The maximum Gasteiger partial charge on any atom is 0.238 e. The lowest BCUT2D eigenvalue weighted by atomic mass is 9.97. The first-order chi connectivity index (χ1) is 15.9. The van der Waals surface area contributed by atoms with Crippen LogP contribution in [0.5, 0.6) is 0 Å². The molecule has 4 N–H and O–H groups in total. The number of quaternary nitrogens is 1. The standard InChI is InChI=1S/C24H31N5O2S2/c1-16(17-9-11-18(12-10-17)33(25,30)31)26-23-22-19-7-3-4-8-20(19)32-24(22)28-21(27-23)15-29-13-5-2-6-14-29/h9-12,16H,2-8,13-15H2,1H3,(H2,25,30,31)(H,26,27,28)/p+1/t16-/m0/s1. The maximum atomic E-state index is 11.6. The number of nitrogens with one attached hydrogen (secondary N) is 2. The highest BCUT2D eigenvalue weighted by Gasteiger charge is 2.24. The van der Waals surface area contributed by atoms with Crippen molar-refractivity contribution in [3.05, 3.63) is 46.1 Å². The molecule has 33 heavy (non-hydrogen) atoms. The first-order valence-corrected chi connectivity index (χ1v) is 14.3. The van der Waals surface area contributed by atoms with Crippen LogP contribution in [0.2, 0.25) is 0 Å². The second-order valence-corrected chi connectivity index (χ2v) is 12.0. The molecule has 0 radical (unpaired) electrons. The number of piperidine rings is 1. The number of rotatable bonds is 6. The van der Waals surface area contributed by atoms with E-state index in [1.165, 1.54) is 61.0 Å². The molecule has 3 heterocycles. The van der Waals surface area contributed by atoms with Gasteiger partial charge in [-0.3, -0.25) is 0 Å². The Morgan fingerprint density at radius 3 is 2.52 bits per heavy atom. The largest absolute Gasteiger partial charge is 0.363 e. The van der Waals surface area contributed by atoms with E-state index in [0.29, 0.717) is 0 Å². The van der Waals surface area contributed by atoms with E-state index in [9.17, 15) is 8.42 Å². The van der Waals surface area contributed by atoms with Crippen LogP contribution in [0, 0.1) is 0 Å². The first kappa shape index (κ1) is 22.7. The molecule has 1 atom stereocenters. The van der Waals surface area contributed by atoms with Crippen LogP contribution in [0.4, 0.5) is 5.82 Å². The fraction of sp³-hybridized carbons (Fsp3) is 0.500. The molecule has 176 valence electrons. The summed E-state index contributed by atoms with van der Waals surface area (Å²) in [6.07, 6.45) is 8.56. The zero-order valence-corrected chi connectivity index (χ0v) is 20.7. The van der Waals surface area contributed by atoms with E-state index in [-0.39, 0.29) is 10.9 Å². The number of thiophene rings is 1. The highest BCUT2D eigenvalue weighted by Crippen LogP contribution is 2.39. The summed E-state index contributed by atoms with van der Waals surface area (Å²) in [7, 11) is -3.70. The summed E-state index contributed by atoms with van der Waals surface area (Å²) in [5, 5.41) is 10.1. The van der Waals surface area contributed by atoms with Gasteiger partial charge >= 0.3 is 0 Å². The van der Waals surface area contributed by atoms with Gasteiger partial charge in [0, 0.05) is 10.9 Å². The SMILES string of the molecule is C[C@H](Nc1nc(C[NH+]2CCCCC2)nc2sc3c(c12)CCCC3)c1ccc(S(N)(=O)=O)cc1. The minimum atomic E-state index is -3.70. The van der Waals surface area contributed by atoms with Crippen LogP contribution >= 0.6 is 11.3 Å². The molecule has 1 fully saturated rings. The van der Waals surface area contributed by atoms with Crippen molar-refractivity contribution in [3.8, 4) is 0 Å². The van der Waals surface area contributed by atoms with Gasteiger partial charge in [-0.15, -0.1) is 11.3 Å². The van der Waals surface area contributed by atoms with Crippen LogP contribution < -0.4 is 15.4 Å². The number of sulfonamides is 1. The number of hydrogen-bond donors (Lipinski definition) is 3. The topological polar surface area (TPSA) is 102 Å². The van der Waals surface area contributed by atoms with Gasteiger partial charge < -0.3 is 10.2 Å². The molecule has 2 aliphatic rings. The summed E-state index contributed by atoms with van der Waals surface area (Å²) in [6.45, 7) is 5.33. The second-order valence-electron chi connectivity index (χ2n) is 9.35. The van der Waals surface area contributed by atoms with Gasteiger partial charge in [0.15, 0.2) is 5.82 Å². The predicted molar refractivity (Wildman–Crippen MR) is 132 cm³/mol. The monoisotopic (exact) mass is 486 g/mol. The number of nitrogens with two attached hydrogens (primary N) is 1. The number of fused-ring (bicyclic) bond motifs is 3. The highest BCUT2D eigenvalue weighted by atomic mass is 32.2. The van der Waals surface area contributed by atoms with Gasteiger partial charge in [-0.25, -0.2) is 23.5 Å². The number of nitrogens with zero attached hydrogens (tertiary/aromatic N) is 2. The van der Waals surface area contributed by atoms with E-state index < -0.39 is 10.0 Å². The normalized spacial score (nSPS) is 18.2. The van der Waals surface area contributed by atoms with Crippen LogP contribution in [-0.2, 0) is 29.4 Å². The summed E-state index contributed by atoms with van der Waals surface area (Å²) in [4.78, 5) is 14.3. The summed E-state index contributed by atoms with van der Waals surface area (Å²) in [5.74, 6) is 1.83. The molecule has 7 nitrogen and oxygen atoms in total. The number of benzene rings is 1. The van der Waals surface area contributed by atoms with Crippen molar-refractivity contribution in [3.63, 3.8) is 0 Å². The number of aromatic nitrogens is 2. The van der Waals surface area contributed by atoms with E-state index in [4.69, 9.17) is 15.1 Å². The second kappa shape index (κ2) is 9.29. The summed E-state index contributed by atoms with van der Waals surface area (Å²) < 4.78 is 23.2. The number of hydrogen-bond acceptors (Lipinski definition) is 6. The van der Waals surface area contributed by atoms with Crippen LogP contribution in [0.3, 0.4) is 0 Å². The van der Waals surface area contributed by atoms with Crippen LogP contribution in [0.1, 0.15) is 66.9 Å². The van der Waals surface area contributed by atoms with Crippen molar-refractivity contribution < 1.29 is 13.3 Å². The van der Waals surface area contributed by atoms with Gasteiger partial charge in [0.1, 0.15) is 17.2 Å². The Balaban J connectivity index is 1.48. The molecular formula is C24H32N5O2S2+. The average Bonchev–Trinajstić information content (AvgIpc) is 3.18. The van der Waals surface area contributed by atoms with Gasteiger partial charge in [0.2, 0.25) is 10.0 Å². The lowest BCUT2D eigenvalue weighted by Gasteiger charge is -2.23. The third-order valence-electron chi connectivity index (χ3n) is 6.89. The van der Waals surface area contributed by atoms with E-state index in [1.807, 2.05) is 23.5 Å². The first-order valence-electron chi connectivity index (χ1n) is 11.9. The van der Waals surface area contributed by atoms with Gasteiger partial charge in [0.05, 0.1) is 23.4 Å². The molecule has 0 unspecified atom stereocenters. The average molecular weight is 487 g/mol. The molecule has 0 amide bonds. The molecule has 0 saturated carbocycles. The number of aryl methyl sites for hydroxylation is 2. The Hall–Kier alpha value is -2.07. The molecule has 3 aromatic rings. The van der Waals surface area contributed by atoms with Gasteiger partial charge in [0.25, 0.3) is 0 Å². The quantitative estimate of drug-likeness (QED) is 0.497. The lowest BCUT2D eigenvalue weighted by molar-refractivity contribution is -0.919. The van der Waals surface area contributed by atoms with E-state index in [0.717, 1.165) is 41.4 Å². The molecule has 1 saturated heterocycles. The molecule has 5 rings (SSSR count).